The van der Waals surface area contributed by atoms with Crippen molar-refractivity contribution in [2.45, 2.75) is 13.5 Å². The molecular formula is C16H14BrNO4. The Balaban J connectivity index is 2.04. The maximum atomic E-state index is 11.8. The van der Waals surface area contributed by atoms with Crippen LogP contribution in [-0.4, -0.2) is 17.2 Å². The molecule has 2 rings (SSSR count). The number of hydrogen-bond acceptors (Lipinski definition) is 3. The van der Waals surface area contributed by atoms with E-state index in [1.807, 2.05) is 30.3 Å². The molecule has 0 radical (unpaired) electrons. The van der Waals surface area contributed by atoms with Gasteiger partial charge in [0.05, 0.1) is 5.56 Å². The predicted octanol–water partition coefficient (Wildman–Crippen LogP) is 4.20. The second kappa shape index (κ2) is 7.09. The number of rotatable bonds is 4. The molecule has 0 unspecified atom stereocenters. The van der Waals surface area contributed by atoms with Crippen molar-refractivity contribution in [3.63, 3.8) is 0 Å². The van der Waals surface area contributed by atoms with Gasteiger partial charge in [0, 0.05) is 10.2 Å². The first-order chi connectivity index (χ1) is 10.5. The smallest absolute Gasteiger partial charge is 0.411 e. The average molecular weight is 364 g/mol. The molecule has 0 aliphatic carbocycles. The molecule has 0 saturated heterocycles. The normalized spacial score (nSPS) is 10.1. The molecule has 0 aliphatic rings. The largest absolute Gasteiger partial charge is 0.478 e. The minimum Gasteiger partial charge on any atom is -0.478 e. The van der Waals surface area contributed by atoms with Crippen LogP contribution >= 0.6 is 15.9 Å². The number of amides is 1. The van der Waals surface area contributed by atoms with Crippen molar-refractivity contribution in [1.82, 2.24) is 0 Å². The van der Waals surface area contributed by atoms with E-state index in [1.165, 1.54) is 6.07 Å². The van der Waals surface area contributed by atoms with Crippen molar-refractivity contribution in [3.05, 3.63) is 63.6 Å². The number of hydrogen-bond donors (Lipinski definition) is 2. The molecule has 0 atom stereocenters. The van der Waals surface area contributed by atoms with Gasteiger partial charge in [0.1, 0.15) is 6.61 Å². The lowest BCUT2D eigenvalue weighted by Gasteiger charge is -2.10. The van der Waals surface area contributed by atoms with E-state index in [0.717, 1.165) is 5.56 Å². The lowest BCUT2D eigenvalue weighted by Crippen LogP contribution is -2.14. The van der Waals surface area contributed by atoms with Gasteiger partial charge in [-0.1, -0.05) is 46.3 Å². The third-order valence-corrected chi connectivity index (χ3v) is 3.86. The maximum absolute atomic E-state index is 11.8. The summed E-state index contributed by atoms with van der Waals surface area (Å²) in [6, 6.07) is 12.3. The summed E-state index contributed by atoms with van der Waals surface area (Å²) in [5, 5.41) is 11.7. The van der Waals surface area contributed by atoms with Crippen LogP contribution in [0.1, 0.15) is 21.5 Å². The number of carbonyl (C=O) groups is 2. The molecule has 5 nitrogen and oxygen atoms in total. The van der Waals surface area contributed by atoms with Crippen molar-refractivity contribution in [2.75, 3.05) is 5.32 Å². The fourth-order valence-electron chi connectivity index (χ4n) is 1.85. The number of carboxylic acid groups (broad SMARTS) is 1. The van der Waals surface area contributed by atoms with E-state index >= 15 is 0 Å². The fraction of sp³-hybridized carbons (Fsp3) is 0.125. The summed E-state index contributed by atoms with van der Waals surface area (Å²) < 4.78 is 5.69. The second-order valence-corrected chi connectivity index (χ2v) is 5.48. The number of aromatic carboxylic acids is 1. The first-order valence-electron chi connectivity index (χ1n) is 6.48. The highest BCUT2D eigenvalue weighted by atomic mass is 79.9. The Hall–Kier alpha value is -2.34. The molecule has 1 amide bonds. The van der Waals surface area contributed by atoms with Crippen molar-refractivity contribution in [1.29, 1.82) is 0 Å². The van der Waals surface area contributed by atoms with Crippen LogP contribution in [0.4, 0.5) is 10.5 Å². The van der Waals surface area contributed by atoms with Crippen molar-refractivity contribution >= 4 is 33.7 Å². The average Bonchev–Trinajstić information content (AvgIpc) is 2.49. The third kappa shape index (κ3) is 4.08. The summed E-state index contributed by atoms with van der Waals surface area (Å²) in [5.74, 6) is -1.06. The predicted molar refractivity (Wildman–Crippen MR) is 86.1 cm³/mol. The molecule has 22 heavy (non-hydrogen) atoms. The summed E-state index contributed by atoms with van der Waals surface area (Å²) in [6.45, 7) is 1.83. The number of ether oxygens (including phenoxy) is 1. The molecule has 2 aromatic carbocycles. The first-order valence-corrected chi connectivity index (χ1v) is 7.28. The Kier molecular flexibility index (Phi) is 5.16. The number of benzene rings is 2. The van der Waals surface area contributed by atoms with Crippen LogP contribution in [0.5, 0.6) is 0 Å². The van der Waals surface area contributed by atoms with Crippen LogP contribution < -0.4 is 5.32 Å². The van der Waals surface area contributed by atoms with Crippen LogP contribution in [0, 0.1) is 6.92 Å². The first kappa shape index (κ1) is 16.0. The maximum Gasteiger partial charge on any atom is 0.411 e. The Morgan fingerprint density at radius 1 is 1.23 bits per heavy atom. The molecule has 2 aromatic rings. The van der Waals surface area contributed by atoms with E-state index in [9.17, 15) is 9.59 Å². The minimum absolute atomic E-state index is 0.118. The van der Waals surface area contributed by atoms with Crippen molar-refractivity contribution in [3.8, 4) is 0 Å². The van der Waals surface area contributed by atoms with E-state index in [0.29, 0.717) is 15.7 Å². The van der Waals surface area contributed by atoms with Crippen LogP contribution in [0.25, 0.3) is 0 Å². The number of carboxylic acids is 1. The Morgan fingerprint density at radius 3 is 2.55 bits per heavy atom. The van der Waals surface area contributed by atoms with E-state index in [-0.39, 0.29) is 12.2 Å². The van der Waals surface area contributed by atoms with Crippen LogP contribution in [-0.2, 0) is 11.3 Å². The fourth-order valence-corrected chi connectivity index (χ4v) is 2.31. The topological polar surface area (TPSA) is 75.6 Å². The molecule has 0 heterocycles. The molecule has 2 N–H and O–H groups in total. The lowest BCUT2D eigenvalue weighted by molar-refractivity contribution is 0.0696. The zero-order valence-corrected chi connectivity index (χ0v) is 13.4. The van der Waals surface area contributed by atoms with Gasteiger partial charge in [0.25, 0.3) is 0 Å². The highest BCUT2D eigenvalue weighted by molar-refractivity contribution is 9.10. The highest BCUT2D eigenvalue weighted by Crippen LogP contribution is 2.25. The highest BCUT2D eigenvalue weighted by Gasteiger charge is 2.13. The van der Waals surface area contributed by atoms with Gasteiger partial charge in [0.2, 0.25) is 0 Å². The van der Waals surface area contributed by atoms with Gasteiger partial charge in [-0.25, -0.2) is 9.59 Å². The molecule has 114 valence electrons. The van der Waals surface area contributed by atoms with E-state index in [2.05, 4.69) is 21.2 Å². The lowest BCUT2D eigenvalue weighted by atomic mass is 10.1. The SMILES string of the molecule is Cc1c(Br)cc(NC(=O)OCc2ccccc2)cc1C(=O)O. The summed E-state index contributed by atoms with van der Waals surface area (Å²) >= 11 is 3.28. The number of anilines is 1. The van der Waals surface area contributed by atoms with Gasteiger partial charge in [-0.3, -0.25) is 5.32 Å². The summed E-state index contributed by atoms with van der Waals surface area (Å²) in [5.41, 5.74) is 1.94. The van der Waals surface area contributed by atoms with Gasteiger partial charge < -0.3 is 9.84 Å². The quantitative estimate of drug-likeness (QED) is 0.853. The van der Waals surface area contributed by atoms with Crippen LogP contribution in [0.2, 0.25) is 0 Å². The van der Waals surface area contributed by atoms with Gasteiger partial charge in [-0.2, -0.15) is 0 Å². The summed E-state index contributed by atoms with van der Waals surface area (Å²) in [7, 11) is 0. The van der Waals surface area contributed by atoms with E-state index in [1.54, 1.807) is 13.0 Å². The molecular weight excluding hydrogens is 350 g/mol. The Labute approximate surface area is 136 Å². The van der Waals surface area contributed by atoms with Gasteiger partial charge in [-0.15, -0.1) is 0 Å². The van der Waals surface area contributed by atoms with E-state index in [4.69, 9.17) is 9.84 Å². The molecule has 0 aliphatic heterocycles. The number of nitrogens with one attached hydrogen (secondary N) is 1. The molecule has 0 saturated carbocycles. The van der Waals surface area contributed by atoms with Crippen LogP contribution in [0.15, 0.2) is 46.9 Å². The van der Waals surface area contributed by atoms with Gasteiger partial charge in [-0.05, 0) is 30.2 Å². The number of carbonyl (C=O) groups excluding carboxylic acids is 1. The van der Waals surface area contributed by atoms with Crippen molar-refractivity contribution in [2.24, 2.45) is 0 Å². The zero-order chi connectivity index (χ0) is 16.1. The summed E-state index contributed by atoms with van der Waals surface area (Å²) in [4.78, 5) is 22.9. The standard InChI is InChI=1S/C16H14BrNO4/c1-10-13(15(19)20)7-12(8-14(10)17)18-16(21)22-9-11-5-3-2-4-6-11/h2-8H,9H2,1H3,(H,18,21)(H,19,20). The zero-order valence-electron chi connectivity index (χ0n) is 11.8. The summed E-state index contributed by atoms with van der Waals surface area (Å²) in [6.07, 6.45) is -0.643. The van der Waals surface area contributed by atoms with E-state index < -0.39 is 12.1 Å². The Morgan fingerprint density at radius 2 is 1.91 bits per heavy atom. The second-order valence-electron chi connectivity index (χ2n) is 4.62. The minimum atomic E-state index is -1.06. The molecule has 0 spiro atoms. The van der Waals surface area contributed by atoms with Gasteiger partial charge >= 0.3 is 12.1 Å². The van der Waals surface area contributed by atoms with Crippen LogP contribution in [0.3, 0.4) is 0 Å². The number of halogens is 1. The molecule has 0 bridgehead atoms. The van der Waals surface area contributed by atoms with Crippen molar-refractivity contribution < 1.29 is 19.4 Å². The molecule has 0 aromatic heterocycles. The Bertz CT molecular complexity index is 701. The monoisotopic (exact) mass is 363 g/mol. The molecule has 6 heteroatoms. The third-order valence-electron chi connectivity index (χ3n) is 3.03. The van der Waals surface area contributed by atoms with Gasteiger partial charge in [0.15, 0.2) is 0 Å². The molecule has 0 fully saturated rings.